The molecule has 0 spiro atoms. The minimum atomic E-state index is 0. The largest absolute Gasteiger partial charge is 0.500 e. The van der Waals surface area contributed by atoms with Crippen LogP contribution in [0.4, 0.5) is 0 Å². The summed E-state index contributed by atoms with van der Waals surface area (Å²) in [5.41, 5.74) is 8.01. The van der Waals surface area contributed by atoms with Gasteiger partial charge in [0.1, 0.15) is 5.58 Å². The zero-order valence-electron chi connectivity index (χ0n) is 24.1. The Morgan fingerprint density at radius 1 is 0.714 bits per heavy atom. The fourth-order valence-corrected chi connectivity index (χ4v) is 5.13. The summed E-state index contributed by atoms with van der Waals surface area (Å²) in [7, 11) is 0. The zero-order valence-corrected chi connectivity index (χ0v) is 26.5. The van der Waals surface area contributed by atoms with Gasteiger partial charge in [-0.25, -0.2) is 0 Å². The first kappa shape index (κ1) is 29.3. The number of aromatic nitrogens is 3. The maximum absolute atomic E-state index is 6.42. The maximum atomic E-state index is 6.42. The van der Waals surface area contributed by atoms with Crippen LogP contribution in [0.5, 0.6) is 0 Å². The molecule has 0 amide bonds. The molecule has 0 aliphatic heterocycles. The number of hydrogen-bond acceptors (Lipinski definition) is 4. The second-order valence-electron chi connectivity index (χ2n) is 11.5. The van der Waals surface area contributed by atoms with Crippen molar-refractivity contribution < 1.29 is 24.5 Å². The first-order valence-electron chi connectivity index (χ1n) is 13.8. The molecule has 5 heteroatoms. The van der Waals surface area contributed by atoms with Gasteiger partial charge in [-0.15, -0.1) is 54.1 Å². The molecule has 0 bridgehead atoms. The molecule has 0 fully saturated rings. The van der Waals surface area contributed by atoms with E-state index in [1.54, 1.807) is 6.20 Å². The average Bonchev–Trinajstić information content (AvgIpc) is 3.37. The number of pyridine rings is 3. The molecule has 4 heterocycles. The second kappa shape index (κ2) is 12.4. The van der Waals surface area contributed by atoms with Crippen molar-refractivity contribution in [2.24, 2.45) is 5.41 Å². The third kappa shape index (κ3) is 6.33. The Morgan fingerprint density at radius 3 is 2.29 bits per heavy atom. The van der Waals surface area contributed by atoms with Gasteiger partial charge in [0.25, 0.3) is 0 Å². The van der Waals surface area contributed by atoms with Crippen LogP contribution in [0.3, 0.4) is 0 Å². The Labute approximate surface area is 260 Å². The summed E-state index contributed by atoms with van der Waals surface area (Å²) >= 11 is 0. The molecule has 7 rings (SSSR count). The number of fused-ring (bicyclic) bond motifs is 5. The van der Waals surface area contributed by atoms with Crippen LogP contribution >= 0.6 is 0 Å². The predicted molar refractivity (Wildman–Crippen MR) is 167 cm³/mol. The fraction of sp³-hybridized carbons (Fsp3) is 0.162. The molecule has 0 aliphatic rings. The van der Waals surface area contributed by atoms with Crippen LogP contribution in [-0.2, 0) is 26.5 Å². The number of hydrogen-bond donors (Lipinski definition) is 0. The molecule has 3 aromatic carbocycles. The first-order valence-corrected chi connectivity index (χ1v) is 13.8. The van der Waals surface area contributed by atoms with Crippen molar-refractivity contribution in [3.8, 4) is 22.5 Å². The third-order valence-electron chi connectivity index (χ3n) is 6.90. The topological polar surface area (TPSA) is 51.8 Å². The van der Waals surface area contributed by atoms with Gasteiger partial charge >= 0.3 is 0 Å². The van der Waals surface area contributed by atoms with Crippen LogP contribution in [0.1, 0.15) is 32.0 Å². The van der Waals surface area contributed by atoms with Gasteiger partial charge in [-0.2, -0.15) is 0 Å². The smallest absolute Gasteiger partial charge is 0.130 e. The molecule has 0 aliphatic carbocycles. The van der Waals surface area contributed by atoms with E-state index >= 15 is 0 Å². The van der Waals surface area contributed by atoms with Gasteiger partial charge in [0.05, 0.1) is 5.58 Å². The van der Waals surface area contributed by atoms with E-state index in [0.717, 1.165) is 67.3 Å². The van der Waals surface area contributed by atoms with Crippen LogP contribution in [0, 0.1) is 24.5 Å². The molecule has 4 aromatic heterocycles. The van der Waals surface area contributed by atoms with Crippen LogP contribution in [-0.4, -0.2) is 15.0 Å². The molecular weight excluding hydrogens is 695 g/mol. The first-order chi connectivity index (χ1) is 19.9. The molecule has 211 valence electrons. The summed E-state index contributed by atoms with van der Waals surface area (Å²) in [5, 5.41) is 4.35. The second-order valence-corrected chi connectivity index (χ2v) is 11.5. The summed E-state index contributed by atoms with van der Waals surface area (Å²) in [6.07, 6.45) is 6.57. The fourth-order valence-electron chi connectivity index (χ4n) is 5.13. The Morgan fingerprint density at radius 2 is 1.52 bits per heavy atom. The number of nitrogens with zero attached hydrogens (tertiary/aromatic N) is 3. The van der Waals surface area contributed by atoms with Crippen molar-refractivity contribution in [1.29, 1.82) is 0 Å². The van der Waals surface area contributed by atoms with Crippen LogP contribution in [0.25, 0.3) is 55.2 Å². The molecule has 0 N–H and O–H groups in total. The van der Waals surface area contributed by atoms with Crippen LogP contribution in [0.15, 0.2) is 108 Å². The molecule has 0 saturated carbocycles. The Hall–Kier alpha value is -4.18. The molecule has 4 nitrogen and oxygen atoms in total. The minimum Gasteiger partial charge on any atom is -0.500 e. The standard InChI is InChI=1S/C26H23N2O.C11H8N.Ir/c1-16-12-18-8-9-20-19-6-5-7-21(24(19)29-25(20)22(18)15-28-16)23-13-17(10-11-27-23)14-26(2,3)4;1-2-6-10(7-3-1)11-8-4-5-9-12-11;/h5-6,8-13,15H,14H2,1-4H3;1-6,8-9H;/q2*-1;. The summed E-state index contributed by atoms with van der Waals surface area (Å²) in [4.78, 5) is 13.3. The summed E-state index contributed by atoms with van der Waals surface area (Å²) in [6, 6.07) is 34.8. The van der Waals surface area contributed by atoms with E-state index in [9.17, 15) is 0 Å². The van der Waals surface area contributed by atoms with Crippen molar-refractivity contribution >= 4 is 32.7 Å². The van der Waals surface area contributed by atoms with Gasteiger partial charge in [0.2, 0.25) is 0 Å². The van der Waals surface area contributed by atoms with Gasteiger partial charge in [0, 0.05) is 55.2 Å². The number of aryl methyl sites for hydroxylation is 1. The van der Waals surface area contributed by atoms with Crippen molar-refractivity contribution in [1.82, 2.24) is 15.0 Å². The molecular formula is C37H31IrN3O-2. The van der Waals surface area contributed by atoms with Crippen molar-refractivity contribution in [2.45, 2.75) is 34.1 Å². The summed E-state index contributed by atoms with van der Waals surface area (Å²) < 4.78 is 6.42. The zero-order chi connectivity index (χ0) is 28.4. The van der Waals surface area contributed by atoms with E-state index in [-0.39, 0.29) is 25.5 Å². The van der Waals surface area contributed by atoms with Gasteiger partial charge in [-0.1, -0.05) is 67.6 Å². The van der Waals surface area contributed by atoms with E-state index < -0.39 is 0 Å². The maximum Gasteiger partial charge on any atom is 0.130 e. The number of rotatable bonds is 3. The minimum absolute atomic E-state index is 0. The van der Waals surface area contributed by atoms with E-state index in [4.69, 9.17) is 4.42 Å². The predicted octanol–water partition coefficient (Wildman–Crippen LogP) is 9.44. The molecule has 0 unspecified atom stereocenters. The Bertz CT molecular complexity index is 1920. The molecule has 1 radical (unpaired) electrons. The van der Waals surface area contributed by atoms with E-state index in [0.29, 0.717) is 0 Å². The van der Waals surface area contributed by atoms with Crippen molar-refractivity contribution in [2.75, 3.05) is 0 Å². The number of benzene rings is 3. The third-order valence-corrected chi connectivity index (χ3v) is 6.90. The molecule has 0 atom stereocenters. The van der Waals surface area contributed by atoms with Crippen molar-refractivity contribution in [3.05, 3.63) is 127 Å². The van der Waals surface area contributed by atoms with Gasteiger partial charge < -0.3 is 14.4 Å². The molecule has 7 aromatic rings. The normalized spacial score (nSPS) is 11.2. The quantitative estimate of drug-likeness (QED) is 0.171. The Balaban J connectivity index is 0.000000228. The van der Waals surface area contributed by atoms with E-state index in [1.165, 1.54) is 5.56 Å². The van der Waals surface area contributed by atoms with E-state index in [1.807, 2.05) is 67.8 Å². The molecule has 42 heavy (non-hydrogen) atoms. The summed E-state index contributed by atoms with van der Waals surface area (Å²) in [6.45, 7) is 8.76. The summed E-state index contributed by atoms with van der Waals surface area (Å²) in [5.74, 6) is 0. The monoisotopic (exact) mass is 726 g/mol. The van der Waals surface area contributed by atoms with Gasteiger partial charge in [0.15, 0.2) is 0 Å². The van der Waals surface area contributed by atoms with Crippen molar-refractivity contribution in [3.63, 3.8) is 0 Å². The van der Waals surface area contributed by atoms with Crippen LogP contribution in [0.2, 0.25) is 0 Å². The van der Waals surface area contributed by atoms with Gasteiger partial charge in [-0.05, 0) is 53.7 Å². The van der Waals surface area contributed by atoms with Gasteiger partial charge in [-0.3, -0.25) is 4.98 Å². The SMILES string of the molecule is Cc1cc2ccc3c4cc[c-]c(-c5cc(CC(C)(C)C)ccn5)c4oc3c2cn1.[Ir].[c-]1ccccc1-c1ccccn1. The van der Waals surface area contributed by atoms with E-state index in [2.05, 4.69) is 84.3 Å². The Kier molecular flexibility index (Phi) is 8.63. The van der Waals surface area contributed by atoms with Crippen LogP contribution < -0.4 is 0 Å². The molecule has 0 saturated heterocycles. The number of furan rings is 1. The average molecular weight is 726 g/mol.